The molecule has 1 saturated carbocycles. The summed E-state index contributed by atoms with van der Waals surface area (Å²) in [5.41, 5.74) is 0.865. The fraction of sp³-hybridized carbons (Fsp3) is 0.462. The molecule has 1 aliphatic rings. The molecule has 2 N–H and O–H groups in total. The number of H-pyrrole nitrogens is 1. The molecule has 6 heteroatoms. The molecule has 0 aromatic carbocycles. The maximum atomic E-state index is 12.2. The Labute approximate surface area is 110 Å². The molecule has 1 aliphatic carbocycles. The van der Waals surface area contributed by atoms with E-state index in [4.69, 9.17) is 0 Å². The van der Waals surface area contributed by atoms with Gasteiger partial charge in [-0.05, 0) is 24.8 Å². The smallest absolute Gasteiger partial charge is 0.258 e. The fourth-order valence-electron chi connectivity index (χ4n) is 2.78. The predicted octanol–water partition coefficient (Wildman–Crippen LogP) is 1.53. The molecule has 100 valence electrons. The Kier molecular flexibility index (Phi) is 2.85. The van der Waals surface area contributed by atoms with Gasteiger partial charge in [0.1, 0.15) is 5.69 Å². The average Bonchev–Trinajstić information content (AvgIpc) is 2.99. The molecule has 0 aliphatic heterocycles. The van der Waals surface area contributed by atoms with Gasteiger partial charge in [0.2, 0.25) is 5.88 Å². The van der Waals surface area contributed by atoms with Crippen molar-refractivity contribution in [3.8, 4) is 17.4 Å². The standard InChI is InChI=1S/C13H16N4O2/c1-17-9(6-7-14-17)11-15-12(18)10(13(19)16-11)8-4-2-3-5-8/h6-8H,2-5H2,1H3,(H2,15,16,18,19). The number of aryl methyl sites for hydroxylation is 1. The van der Waals surface area contributed by atoms with Crippen LogP contribution in [0.4, 0.5) is 0 Å². The van der Waals surface area contributed by atoms with Gasteiger partial charge >= 0.3 is 0 Å². The summed E-state index contributed by atoms with van der Waals surface area (Å²) in [7, 11) is 1.76. The number of nitrogens with zero attached hydrogens (tertiary/aromatic N) is 3. The van der Waals surface area contributed by atoms with E-state index in [0.717, 1.165) is 25.7 Å². The van der Waals surface area contributed by atoms with Crippen LogP contribution in [0.25, 0.3) is 11.5 Å². The van der Waals surface area contributed by atoms with Crippen molar-refractivity contribution in [3.05, 3.63) is 28.2 Å². The van der Waals surface area contributed by atoms with Crippen LogP contribution in [0.15, 0.2) is 17.1 Å². The van der Waals surface area contributed by atoms with Gasteiger partial charge in [-0.25, -0.2) is 0 Å². The zero-order valence-corrected chi connectivity index (χ0v) is 10.8. The number of aromatic amines is 1. The molecule has 0 unspecified atom stereocenters. The Bertz CT molecular complexity index is 653. The van der Waals surface area contributed by atoms with Gasteiger partial charge in [-0.15, -0.1) is 0 Å². The molecule has 6 nitrogen and oxygen atoms in total. The minimum Gasteiger partial charge on any atom is -0.493 e. The largest absolute Gasteiger partial charge is 0.493 e. The van der Waals surface area contributed by atoms with Crippen LogP contribution in [0, 0.1) is 0 Å². The van der Waals surface area contributed by atoms with Crippen molar-refractivity contribution in [2.45, 2.75) is 31.6 Å². The van der Waals surface area contributed by atoms with Gasteiger partial charge in [0.05, 0.1) is 5.56 Å². The quantitative estimate of drug-likeness (QED) is 0.857. The normalized spacial score (nSPS) is 16.1. The highest BCUT2D eigenvalue weighted by molar-refractivity contribution is 5.50. The van der Waals surface area contributed by atoms with Crippen LogP contribution in [0.1, 0.15) is 37.2 Å². The van der Waals surface area contributed by atoms with E-state index in [0.29, 0.717) is 17.1 Å². The first-order valence-corrected chi connectivity index (χ1v) is 6.48. The molecule has 0 bridgehead atoms. The average molecular weight is 260 g/mol. The van der Waals surface area contributed by atoms with Crippen molar-refractivity contribution >= 4 is 0 Å². The van der Waals surface area contributed by atoms with Crippen molar-refractivity contribution in [3.63, 3.8) is 0 Å². The number of hydrogen-bond donors (Lipinski definition) is 2. The molecule has 3 rings (SSSR count). The maximum Gasteiger partial charge on any atom is 0.258 e. The molecule has 0 spiro atoms. The number of hydrogen-bond acceptors (Lipinski definition) is 4. The van der Waals surface area contributed by atoms with E-state index in [9.17, 15) is 9.90 Å². The zero-order chi connectivity index (χ0) is 13.4. The monoisotopic (exact) mass is 260 g/mol. The first-order valence-electron chi connectivity index (χ1n) is 6.48. The van der Waals surface area contributed by atoms with Gasteiger partial charge in [0.15, 0.2) is 5.82 Å². The molecule has 19 heavy (non-hydrogen) atoms. The fourth-order valence-corrected chi connectivity index (χ4v) is 2.78. The van der Waals surface area contributed by atoms with Crippen molar-refractivity contribution in [2.24, 2.45) is 7.05 Å². The Hall–Kier alpha value is -2.11. The highest BCUT2D eigenvalue weighted by atomic mass is 16.3. The second-order valence-corrected chi connectivity index (χ2v) is 4.97. The van der Waals surface area contributed by atoms with Crippen molar-refractivity contribution in [2.75, 3.05) is 0 Å². The molecule has 2 heterocycles. The van der Waals surface area contributed by atoms with E-state index in [2.05, 4.69) is 15.1 Å². The van der Waals surface area contributed by atoms with Crippen LogP contribution in [-0.2, 0) is 7.05 Å². The van der Waals surface area contributed by atoms with Crippen molar-refractivity contribution in [1.82, 2.24) is 19.7 Å². The molecule has 0 saturated heterocycles. The Morgan fingerprint density at radius 3 is 2.74 bits per heavy atom. The van der Waals surface area contributed by atoms with Crippen LogP contribution >= 0.6 is 0 Å². The van der Waals surface area contributed by atoms with Crippen LogP contribution in [0.5, 0.6) is 5.88 Å². The van der Waals surface area contributed by atoms with Crippen LogP contribution in [-0.4, -0.2) is 24.9 Å². The van der Waals surface area contributed by atoms with Crippen molar-refractivity contribution < 1.29 is 5.11 Å². The van der Waals surface area contributed by atoms with Gasteiger partial charge in [-0.3, -0.25) is 9.48 Å². The number of aromatic hydroxyl groups is 1. The lowest BCUT2D eigenvalue weighted by Crippen LogP contribution is -2.18. The first kappa shape index (κ1) is 12.0. The van der Waals surface area contributed by atoms with Gasteiger partial charge in [-0.2, -0.15) is 10.1 Å². The predicted molar refractivity (Wildman–Crippen MR) is 69.9 cm³/mol. The minimum atomic E-state index is -0.240. The summed E-state index contributed by atoms with van der Waals surface area (Å²) in [4.78, 5) is 19.0. The molecule has 0 amide bonds. The molecular weight excluding hydrogens is 244 g/mol. The Balaban J connectivity index is 2.07. The highest BCUT2D eigenvalue weighted by Gasteiger charge is 2.25. The number of nitrogens with one attached hydrogen (secondary N) is 1. The lowest BCUT2D eigenvalue weighted by Gasteiger charge is -2.11. The van der Waals surface area contributed by atoms with E-state index < -0.39 is 0 Å². The summed E-state index contributed by atoms with van der Waals surface area (Å²) in [5.74, 6) is 0.341. The summed E-state index contributed by atoms with van der Waals surface area (Å²) in [6.07, 6.45) is 5.73. The summed E-state index contributed by atoms with van der Waals surface area (Å²) in [5, 5.41) is 14.1. The summed E-state index contributed by atoms with van der Waals surface area (Å²) < 4.78 is 1.60. The van der Waals surface area contributed by atoms with E-state index >= 15 is 0 Å². The third kappa shape index (κ3) is 2.03. The Morgan fingerprint density at radius 2 is 2.16 bits per heavy atom. The summed E-state index contributed by atoms with van der Waals surface area (Å²) in [6.45, 7) is 0. The molecule has 1 fully saturated rings. The first-order chi connectivity index (χ1) is 9.16. The van der Waals surface area contributed by atoms with Crippen LogP contribution < -0.4 is 5.56 Å². The summed E-state index contributed by atoms with van der Waals surface area (Å²) in [6, 6.07) is 1.74. The van der Waals surface area contributed by atoms with Crippen LogP contribution in [0.3, 0.4) is 0 Å². The van der Waals surface area contributed by atoms with Crippen molar-refractivity contribution in [1.29, 1.82) is 0 Å². The highest BCUT2D eigenvalue weighted by Crippen LogP contribution is 2.35. The zero-order valence-electron chi connectivity index (χ0n) is 10.8. The third-order valence-corrected chi connectivity index (χ3v) is 3.76. The van der Waals surface area contributed by atoms with Gasteiger partial charge in [-0.1, -0.05) is 12.8 Å². The van der Waals surface area contributed by atoms with Gasteiger partial charge in [0.25, 0.3) is 5.56 Å². The Morgan fingerprint density at radius 1 is 1.42 bits per heavy atom. The third-order valence-electron chi connectivity index (χ3n) is 3.76. The lowest BCUT2D eigenvalue weighted by molar-refractivity contribution is 0.436. The molecular formula is C13H16N4O2. The SMILES string of the molecule is Cn1nccc1-c1nc(O)c(C2CCCC2)c(=O)[nH]1. The topological polar surface area (TPSA) is 83.8 Å². The lowest BCUT2D eigenvalue weighted by atomic mass is 10.00. The second kappa shape index (κ2) is 4.53. The molecule has 0 radical (unpaired) electrons. The molecule has 2 aromatic rings. The second-order valence-electron chi connectivity index (χ2n) is 4.97. The van der Waals surface area contributed by atoms with E-state index in [1.165, 1.54) is 0 Å². The number of aromatic nitrogens is 4. The molecule has 2 aromatic heterocycles. The van der Waals surface area contributed by atoms with Gasteiger partial charge in [0, 0.05) is 13.2 Å². The molecule has 0 atom stereocenters. The van der Waals surface area contributed by atoms with Gasteiger partial charge < -0.3 is 10.1 Å². The minimum absolute atomic E-state index is 0.136. The van der Waals surface area contributed by atoms with E-state index in [-0.39, 0.29) is 17.4 Å². The summed E-state index contributed by atoms with van der Waals surface area (Å²) >= 11 is 0. The van der Waals surface area contributed by atoms with E-state index in [1.54, 1.807) is 24.0 Å². The number of rotatable bonds is 2. The van der Waals surface area contributed by atoms with E-state index in [1.807, 2.05) is 0 Å². The maximum absolute atomic E-state index is 12.2. The van der Waals surface area contributed by atoms with Crippen LogP contribution in [0.2, 0.25) is 0 Å².